The predicted octanol–water partition coefficient (Wildman–Crippen LogP) is 12.4. The Morgan fingerprint density at radius 1 is 0.246 bits per heavy atom. The lowest BCUT2D eigenvalue weighted by Gasteiger charge is -2.02. The van der Waals surface area contributed by atoms with Crippen LogP contribution in [-0.4, -0.2) is 0 Å². The third-order valence-electron chi connectivity index (χ3n) is 10.8. The largest absolute Gasteiger partial charge is 0.0679 e. The summed E-state index contributed by atoms with van der Waals surface area (Å²) in [6.45, 7) is 0. The minimum atomic E-state index is 0.410. The Morgan fingerprint density at radius 3 is 0.754 bits per heavy atom. The standard InChI is InChI=1S/C57H36/c1-4-10-46(11-5-1)52-37-55(52)49-28-22-40(23-29-49)16-19-43-34-44(20-17-41-24-30-50(31-25-41)56-38-53(56)47-12-6-2-7-13-47)36-45(35-43)21-18-42-26-32-51(33-27-42)57-39-54(57)48-14-8-3-9-15-48/h1-15,22-39,52-54H. The highest BCUT2D eigenvalue weighted by Crippen LogP contribution is 2.48. The summed E-state index contributed by atoms with van der Waals surface area (Å²) >= 11 is 0. The maximum absolute atomic E-state index is 3.41. The van der Waals surface area contributed by atoms with Crippen LogP contribution in [0.4, 0.5) is 0 Å². The molecule has 3 unspecified atom stereocenters. The molecule has 0 heterocycles. The molecule has 57 heavy (non-hydrogen) atoms. The quantitative estimate of drug-likeness (QED) is 0.150. The van der Waals surface area contributed by atoms with E-state index in [0.717, 1.165) is 33.4 Å². The maximum Gasteiger partial charge on any atom is 0.0278 e. The fourth-order valence-corrected chi connectivity index (χ4v) is 7.55. The predicted molar refractivity (Wildman–Crippen MR) is 235 cm³/mol. The summed E-state index contributed by atoms with van der Waals surface area (Å²) in [7, 11) is 0. The zero-order valence-corrected chi connectivity index (χ0v) is 31.3. The number of benzene rings is 7. The van der Waals surface area contributed by atoms with Gasteiger partial charge in [0.2, 0.25) is 0 Å². The van der Waals surface area contributed by atoms with Crippen molar-refractivity contribution in [3.8, 4) is 35.5 Å². The van der Waals surface area contributed by atoms with Gasteiger partial charge in [-0.15, -0.1) is 0 Å². The average molecular weight is 721 g/mol. The first kappa shape index (κ1) is 34.0. The number of rotatable bonds is 6. The van der Waals surface area contributed by atoms with Gasteiger partial charge in [0.1, 0.15) is 0 Å². The Hall–Kier alpha value is -7.56. The van der Waals surface area contributed by atoms with E-state index in [9.17, 15) is 0 Å². The molecule has 3 aliphatic carbocycles. The lowest BCUT2D eigenvalue weighted by Crippen LogP contribution is -1.87. The highest BCUT2D eigenvalue weighted by atomic mass is 14.3. The summed E-state index contributed by atoms with van der Waals surface area (Å²) in [5.74, 6) is 21.6. The van der Waals surface area contributed by atoms with Crippen LogP contribution in [0.5, 0.6) is 0 Å². The van der Waals surface area contributed by atoms with Crippen LogP contribution in [-0.2, 0) is 0 Å². The van der Waals surface area contributed by atoms with E-state index < -0.39 is 0 Å². The van der Waals surface area contributed by atoms with E-state index in [4.69, 9.17) is 0 Å². The molecule has 0 heteroatoms. The van der Waals surface area contributed by atoms with Crippen molar-refractivity contribution in [3.05, 3.63) is 267 Å². The Bertz CT molecular complexity index is 2570. The van der Waals surface area contributed by atoms with Gasteiger partial charge in [0.15, 0.2) is 0 Å². The van der Waals surface area contributed by atoms with Gasteiger partial charge in [0, 0.05) is 51.1 Å². The van der Waals surface area contributed by atoms with Crippen molar-refractivity contribution in [2.24, 2.45) is 0 Å². The second-order valence-corrected chi connectivity index (χ2v) is 14.8. The summed E-state index contributed by atoms with van der Waals surface area (Å²) in [6.07, 6.45) is 6.98. The van der Waals surface area contributed by atoms with Crippen LogP contribution in [0, 0.1) is 35.5 Å². The molecule has 0 aliphatic heterocycles. The molecule has 0 saturated carbocycles. The van der Waals surface area contributed by atoms with Gasteiger partial charge in [-0.1, -0.05) is 181 Å². The van der Waals surface area contributed by atoms with Gasteiger partial charge in [-0.2, -0.15) is 0 Å². The highest BCUT2D eigenvalue weighted by molar-refractivity contribution is 5.87. The molecule has 0 bridgehead atoms. The van der Waals surface area contributed by atoms with Crippen molar-refractivity contribution >= 4 is 16.7 Å². The van der Waals surface area contributed by atoms with E-state index >= 15 is 0 Å². The van der Waals surface area contributed by atoms with Crippen LogP contribution in [0.2, 0.25) is 0 Å². The van der Waals surface area contributed by atoms with Gasteiger partial charge in [0.25, 0.3) is 0 Å². The molecule has 0 fully saturated rings. The van der Waals surface area contributed by atoms with E-state index in [1.165, 1.54) is 50.1 Å². The topological polar surface area (TPSA) is 0 Å². The molecule has 3 atom stereocenters. The summed E-state index contributed by atoms with van der Waals surface area (Å²) in [5.41, 5.74) is 17.5. The summed E-state index contributed by atoms with van der Waals surface area (Å²) in [6, 6.07) is 63.9. The molecule has 3 aliphatic rings. The van der Waals surface area contributed by atoms with Gasteiger partial charge >= 0.3 is 0 Å². The molecule has 7 aromatic rings. The van der Waals surface area contributed by atoms with Crippen LogP contribution < -0.4 is 0 Å². The second kappa shape index (κ2) is 14.9. The lowest BCUT2D eigenvalue weighted by atomic mass is 10.0. The number of hydrogen-bond donors (Lipinski definition) is 0. The molecule has 0 N–H and O–H groups in total. The van der Waals surface area contributed by atoms with Gasteiger partial charge in [-0.05, 0) is 105 Å². The number of allylic oxidation sites excluding steroid dienone is 6. The minimum Gasteiger partial charge on any atom is -0.0679 e. The van der Waals surface area contributed by atoms with Crippen LogP contribution >= 0.6 is 0 Å². The van der Waals surface area contributed by atoms with Crippen molar-refractivity contribution in [1.29, 1.82) is 0 Å². The SMILES string of the molecule is C(#Cc1cc(C#Cc2ccc(C3=CC3c3ccccc3)cc2)cc(C#Cc2ccc(C3=CC3c3ccccc3)cc2)c1)c1ccc(C2=CC2c2ccccc2)cc1. The summed E-state index contributed by atoms with van der Waals surface area (Å²) < 4.78 is 0. The van der Waals surface area contributed by atoms with Crippen molar-refractivity contribution in [2.45, 2.75) is 17.8 Å². The molecule has 0 spiro atoms. The third-order valence-corrected chi connectivity index (χ3v) is 10.8. The first-order valence-electron chi connectivity index (χ1n) is 19.5. The minimum absolute atomic E-state index is 0.410. The number of hydrogen-bond acceptors (Lipinski definition) is 0. The Balaban J connectivity index is 0.880. The average Bonchev–Trinajstić information content (AvgIpc) is 4.16. The summed E-state index contributed by atoms with van der Waals surface area (Å²) in [4.78, 5) is 0. The van der Waals surface area contributed by atoms with E-state index in [1.54, 1.807) is 0 Å². The molecular weight excluding hydrogens is 685 g/mol. The van der Waals surface area contributed by atoms with Crippen LogP contribution in [0.3, 0.4) is 0 Å². The Labute approximate surface area is 335 Å². The Kier molecular flexibility index (Phi) is 8.90. The van der Waals surface area contributed by atoms with Crippen LogP contribution in [0.25, 0.3) is 16.7 Å². The van der Waals surface area contributed by atoms with Gasteiger partial charge in [-0.3, -0.25) is 0 Å². The van der Waals surface area contributed by atoms with E-state index in [0.29, 0.717) is 17.8 Å². The van der Waals surface area contributed by atoms with Crippen molar-refractivity contribution in [3.63, 3.8) is 0 Å². The monoisotopic (exact) mass is 720 g/mol. The fourth-order valence-electron chi connectivity index (χ4n) is 7.55. The van der Waals surface area contributed by atoms with E-state index in [2.05, 4.69) is 236 Å². The summed E-state index contributed by atoms with van der Waals surface area (Å²) in [5, 5.41) is 0. The van der Waals surface area contributed by atoms with Crippen LogP contribution in [0.1, 0.15) is 84.5 Å². The first-order valence-corrected chi connectivity index (χ1v) is 19.5. The smallest absolute Gasteiger partial charge is 0.0278 e. The lowest BCUT2D eigenvalue weighted by molar-refractivity contribution is 1.24. The van der Waals surface area contributed by atoms with E-state index in [-0.39, 0.29) is 0 Å². The normalized spacial score (nSPS) is 16.8. The van der Waals surface area contributed by atoms with Gasteiger partial charge in [-0.25, -0.2) is 0 Å². The van der Waals surface area contributed by atoms with E-state index in [1.807, 2.05) is 0 Å². The molecule has 264 valence electrons. The molecule has 0 saturated heterocycles. The zero-order chi connectivity index (χ0) is 38.0. The van der Waals surface area contributed by atoms with Crippen LogP contribution in [0.15, 0.2) is 200 Å². The van der Waals surface area contributed by atoms with Gasteiger partial charge in [0.05, 0.1) is 0 Å². The molecule has 0 amide bonds. The zero-order valence-electron chi connectivity index (χ0n) is 31.3. The Morgan fingerprint density at radius 2 is 0.491 bits per heavy atom. The molecule has 7 aromatic carbocycles. The molecule has 0 nitrogen and oxygen atoms in total. The van der Waals surface area contributed by atoms with Gasteiger partial charge < -0.3 is 0 Å². The first-order chi connectivity index (χ1) is 28.2. The fraction of sp³-hybridized carbons (Fsp3) is 0.0526. The molecule has 0 aromatic heterocycles. The third kappa shape index (κ3) is 7.84. The molecular formula is C57H36. The molecule has 10 rings (SSSR count). The molecule has 0 radical (unpaired) electrons. The van der Waals surface area contributed by atoms with Crippen molar-refractivity contribution in [1.82, 2.24) is 0 Å². The second-order valence-electron chi connectivity index (χ2n) is 14.8. The maximum atomic E-state index is 3.41. The van der Waals surface area contributed by atoms with Crippen molar-refractivity contribution in [2.75, 3.05) is 0 Å². The van der Waals surface area contributed by atoms with Crippen molar-refractivity contribution < 1.29 is 0 Å². The highest BCUT2D eigenvalue weighted by Gasteiger charge is 2.29.